The fourth-order valence-electron chi connectivity index (χ4n) is 4.00. The van der Waals surface area contributed by atoms with Gasteiger partial charge in [0.2, 0.25) is 0 Å². The van der Waals surface area contributed by atoms with Crippen LogP contribution < -0.4 is 8.37 Å². The lowest BCUT2D eigenvalue weighted by atomic mass is 9.80. The molecule has 0 heterocycles. The van der Waals surface area contributed by atoms with Gasteiger partial charge in [0.25, 0.3) is 12.3 Å². The van der Waals surface area contributed by atoms with Crippen LogP contribution in [0.2, 0.25) is 0 Å². The quantitative estimate of drug-likeness (QED) is 0.0649. The smallest absolute Gasteiger partial charge is 0.399 e. The van der Waals surface area contributed by atoms with Gasteiger partial charge in [0.15, 0.2) is 0 Å². The summed E-state index contributed by atoms with van der Waals surface area (Å²) in [6, 6.07) is 12.0. The van der Waals surface area contributed by atoms with E-state index < -0.39 is 33.2 Å². The Morgan fingerprint density at radius 1 is 0.857 bits per heavy atom. The second-order valence-corrected chi connectivity index (χ2v) is 9.91. The molecule has 0 saturated carbocycles. The molecule has 3 aromatic carbocycles. The van der Waals surface area contributed by atoms with Crippen LogP contribution >= 0.6 is 12.3 Å². The summed E-state index contributed by atoms with van der Waals surface area (Å²) in [4.78, 5) is 3.17. The van der Waals surface area contributed by atoms with Gasteiger partial charge in [0.05, 0.1) is 0 Å². The van der Waals surface area contributed by atoms with Crippen LogP contribution in [0.3, 0.4) is 0 Å². The Bertz CT molecular complexity index is 1400. The summed E-state index contributed by atoms with van der Waals surface area (Å²) < 4.78 is 110. The van der Waals surface area contributed by atoms with E-state index in [1.54, 1.807) is 24.3 Å². The van der Waals surface area contributed by atoms with Gasteiger partial charge in [-0.15, -0.1) is 22.4 Å². The minimum atomic E-state index is -5.82. The highest BCUT2D eigenvalue weighted by atomic mass is 32.2. The van der Waals surface area contributed by atoms with Crippen molar-refractivity contribution < 1.29 is 52.3 Å². The van der Waals surface area contributed by atoms with Gasteiger partial charge in [-0.2, -0.15) is 21.6 Å². The third-order valence-electron chi connectivity index (χ3n) is 5.35. The molecule has 0 aliphatic heterocycles. The normalized spacial score (nSPS) is 15.1. The van der Waals surface area contributed by atoms with Crippen LogP contribution in [0.15, 0.2) is 48.5 Å². The molecule has 0 spiro atoms. The van der Waals surface area contributed by atoms with Gasteiger partial charge >= 0.3 is 22.0 Å². The molecule has 0 unspecified atom stereocenters. The molecule has 0 saturated heterocycles. The number of hydrogen-bond acceptors (Lipinski definition) is 7. The van der Waals surface area contributed by atoms with Gasteiger partial charge in [-0.25, -0.2) is 0 Å². The van der Waals surface area contributed by atoms with Gasteiger partial charge in [0, 0.05) is 5.41 Å². The van der Waals surface area contributed by atoms with Crippen molar-refractivity contribution in [3.8, 4) is 22.6 Å². The molecule has 188 valence electrons. The monoisotopic (exact) mass is 540 g/mol. The lowest BCUT2D eigenvalue weighted by Crippen LogP contribution is -2.28. The standard InChI is InChI=1S/C21H14F6O6S2/c1-19(2)17-10-12(30-34-33-32-20(22,23)24)4-8-15(17)16-6-3-11-9-13(5-7-14(11)18(16)19)31-35(28,29)21(25,26)27/h3-10H,1-2H3. The van der Waals surface area contributed by atoms with Crippen LogP contribution in [-0.2, 0) is 24.8 Å². The van der Waals surface area contributed by atoms with Gasteiger partial charge in [-0.3, -0.25) is 0 Å². The zero-order chi connectivity index (χ0) is 25.8. The minimum Gasteiger partial charge on any atom is -0.399 e. The molecule has 6 nitrogen and oxygen atoms in total. The highest BCUT2D eigenvalue weighted by Gasteiger charge is 2.48. The van der Waals surface area contributed by atoms with Crippen molar-refractivity contribution >= 4 is 33.2 Å². The summed E-state index contributed by atoms with van der Waals surface area (Å²) in [6.07, 6.45) is -4.99. The average Bonchev–Trinajstić information content (AvgIpc) is 2.96. The highest BCUT2D eigenvalue weighted by molar-refractivity contribution is 7.90. The van der Waals surface area contributed by atoms with E-state index in [-0.39, 0.29) is 18.1 Å². The van der Waals surface area contributed by atoms with Gasteiger partial charge in [-0.05, 0) is 57.3 Å². The van der Waals surface area contributed by atoms with Crippen LogP contribution in [-0.4, -0.2) is 20.3 Å². The number of halogens is 6. The Labute approximate surface area is 199 Å². The maximum atomic E-state index is 12.7. The van der Waals surface area contributed by atoms with Crippen LogP contribution in [0.4, 0.5) is 26.3 Å². The average molecular weight is 540 g/mol. The fourth-order valence-corrected chi connectivity index (χ4v) is 4.77. The molecule has 0 amide bonds. The van der Waals surface area contributed by atoms with Crippen molar-refractivity contribution in [2.45, 2.75) is 31.1 Å². The molecule has 14 heteroatoms. The lowest BCUT2D eigenvalue weighted by Gasteiger charge is -2.23. The molecule has 35 heavy (non-hydrogen) atoms. The molecule has 1 aliphatic carbocycles. The summed E-state index contributed by atoms with van der Waals surface area (Å²) in [5.74, 6) is -0.297. The number of fused-ring (bicyclic) bond motifs is 5. The van der Waals surface area contributed by atoms with Crippen molar-refractivity contribution in [3.63, 3.8) is 0 Å². The van der Waals surface area contributed by atoms with E-state index in [9.17, 15) is 34.8 Å². The second-order valence-electron chi connectivity index (χ2n) is 7.94. The maximum absolute atomic E-state index is 12.7. The van der Waals surface area contributed by atoms with Crippen LogP contribution in [0.5, 0.6) is 11.5 Å². The van der Waals surface area contributed by atoms with Crippen LogP contribution in [0.1, 0.15) is 25.0 Å². The Morgan fingerprint density at radius 3 is 2.17 bits per heavy atom. The lowest BCUT2D eigenvalue weighted by molar-refractivity contribution is -0.441. The van der Waals surface area contributed by atoms with Crippen molar-refractivity contribution in [1.29, 1.82) is 0 Å². The van der Waals surface area contributed by atoms with E-state index in [1.165, 1.54) is 18.2 Å². The highest BCUT2D eigenvalue weighted by Crippen LogP contribution is 2.52. The molecule has 0 radical (unpaired) electrons. The summed E-state index contributed by atoms with van der Waals surface area (Å²) in [7, 11) is -5.82. The first-order chi connectivity index (χ1) is 16.1. The molecule has 4 rings (SSSR count). The van der Waals surface area contributed by atoms with Crippen LogP contribution in [0, 0.1) is 0 Å². The van der Waals surface area contributed by atoms with E-state index >= 15 is 0 Å². The van der Waals surface area contributed by atoms with Gasteiger partial charge < -0.3 is 8.37 Å². The third kappa shape index (κ3) is 4.87. The first-order valence-electron chi connectivity index (χ1n) is 9.59. The zero-order valence-electron chi connectivity index (χ0n) is 17.7. The third-order valence-corrected chi connectivity index (χ3v) is 6.71. The minimum absolute atomic E-state index is 0.0123. The first-order valence-corrected chi connectivity index (χ1v) is 11.7. The fraction of sp³-hybridized carbons (Fsp3) is 0.238. The molecule has 1 aliphatic rings. The molecule has 0 bridgehead atoms. The topological polar surface area (TPSA) is 71.1 Å². The first kappa shape index (κ1) is 25.4. The van der Waals surface area contributed by atoms with E-state index in [0.717, 1.165) is 28.3 Å². The number of benzene rings is 3. The zero-order valence-corrected chi connectivity index (χ0v) is 19.3. The Morgan fingerprint density at radius 2 is 1.51 bits per heavy atom. The second kappa shape index (κ2) is 8.47. The Kier molecular flexibility index (Phi) is 6.15. The predicted molar refractivity (Wildman–Crippen MR) is 114 cm³/mol. The maximum Gasteiger partial charge on any atom is 0.550 e. The summed E-state index contributed by atoms with van der Waals surface area (Å²) in [6.45, 7) is 3.77. The number of hydrogen-bond donors (Lipinski definition) is 0. The molecule has 0 aromatic heterocycles. The summed E-state index contributed by atoms with van der Waals surface area (Å²) in [5, 5.41) is 1.10. The van der Waals surface area contributed by atoms with E-state index in [2.05, 4.69) is 13.4 Å². The Hall–Kier alpha value is -2.68. The molecular weight excluding hydrogens is 526 g/mol. The largest absolute Gasteiger partial charge is 0.550 e. The van der Waals surface area contributed by atoms with E-state index in [0.29, 0.717) is 10.8 Å². The summed E-state index contributed by atoms with van der Waals surface area (Å²) >= 11 is -0.0123. The molecular formula is C21H14F6O6S2. The number of alkyl halides is 6. The van der Waals surface area contributed by atoms with Crippen molar-refractivity contribution in [3.05, 3.63) is 59.7 Å². The Balaban J connectivity index is 1.65. The van der Waals surface area contributed by atoms with Gasteiger partial charge in [-0.1, -0.05) is 38.1 Å². The van der Waals surface area contributed by atoms with Crippen LogP contribution in [0.25, 0.3) is 21.9 Å². The molecule has 0 fully saturated rings. The number of rotatable bonds is 6. The molecule has 0 atom stereocenters. The van der Waals surface area contributed by atoms with Gasteiger partial charge in [0.1, 0.15) is 11.5 Å². The van der Waals surface area contributed by atoms with Crippen molar-refractivity contribution in [1.82, 2.24) is 0 Å². The van der Waals surface area contributed by atoms with E-state index in [4.69, 9.17) is 4.18 Å². The van der Waals surface area contributed by atoms with E-state index in [1.807, 2.05) is 13.8 Å². The SMILES string of the molecule is CC1(C)c2cc(OSOOC(F)(F)F)ccc2-c2ccc3cc(OS(=O)(=O)C(F)(F)F)ccc3c21. The van der Waals surface area contributed by atoms with Crippen molar-refractivity contribution in [2.24, 2.45) is 0 Å². The summed E-state index contributed by atoms with van der Waals surface area (Å²) in [5.41, 5.74) is -2.99. The molecule has 0 N–H and O–H groups in total. The molecule has 3 aromatic rings. The van der Waals surface area contributed by atoms with Crippen molar-refractivity contribution in [2.75, 3.05) is 0 Å². The predicted octanol–water partition coefficient (Wildman–Crippen LogP) is 6.78.